The average Bonchev–Trinajstić information content (AvgIpc) is 2.01. The molecule has 0 saturated carbocycles. The minimum atomic E-state index is -0.280. The summed E-state index contributed by atoms with van der Waals surface area (Å²) in [7, 11) is 0. The Bertz CT molecular complexity index is 317. The van der Waals surface area contributed by atoms with Crippen LogP contribution in [-0.4, -0.2) is 12.6 Å². The summed E-state index contributed by atoms with van der Waals surface area (Å²) in [6, 6.07) is 5.27. The highest BCUT2D eigenvalue weighted by Crippen LogP contribution is 2.19. The van der Waals surface area contributed by atoms with Crippen molar-refractivity contribution in [3.63, 3.8) is 0 Å². The van der Waals surface area contributed by atoms with E-state index in [-0.39, 0.29) is 5.97 Å². The van der Waals surface area contributed by atoms with E-state index in [1.807, 2.05) is 0 Å². The molecule has 0 aromatic heterocycles. The van der Waals surface area contributed by atoms with Gasteiger partial charge >= 0.3 is 5.97 Å². The van der Waals surface area contributed by atoms with Gasteiger partial charge in [0.25, 0.3) is 0 Å². The quantitative estimate of drug-likeness (QED) is 0.750. The van der Waals surface area contributed by atoms with Crippen molar-refractivity contribution >= 4 is 29.2 Å². The number of ether oxygens (including phenoxy) is 1. The summed E-state index contributed by atoms with van der Waals surface area (Å²) in [6.45, 7) is 1.73. The lowest BCUT2D eigenvalue weighted by Crippen LogP contribution is -2.03. The van der Waals surface area contributed by atoms with Crippen LogP contribution in [-0.2, 0) is 16.0 Å². The van der Waals surface area contributed by atoms with Crippen molar-refractivity contribution < 1.29 is 9.53 Å². The van der Waals surface area contributed by atoms with Crippen LogP contribution in [0.4, 0.5) is 0 Å². The third kappa shape index (κ3) is 3.99. The van der Waals surface area contributed by atoms with Crippen LogP contribution in [0.3, 0.4) is 0 Å². The van der Waals surface area contributed by atoms with Crippen LogP contribution < -0.4 is 0 Å². The summed E-state index contributed by atoms with van der Waals surface area (Å²) in [6.07, 6.45) is 0.625. The number of carbonyl (C=O) groups is 1. The molecule has 0 saturated heterocycles. The molecule has 0 amide bonds. The van der Waals surface area contributed by atoms with E-state index in [1.54, 1.807) is 18.2 Å². The number of hydrogen-bond acceptors (Lipinski definition) is 2. The van der Waals surface area contributed by atoms with Gasteiger partial charge in [0, 0.05) is 23.4 Å². The van der Waals surface area contributed by atoms with Crippen LogP contribution in [0.15, 0.2) is 18.2 Å². The zero-order valence-corrected chi connectivity index (χ0v) is 9.23. The largest absolute Gasteiger partial charge is 0.466 e. The average molecular weight is 233 g/mol. The van der Waals surface area contributed by atoms with E-state index in [4.69, 9.17) is 27.9 Å². The second-order valence-electron chi connectivity index (χ2n) is 2.87. The summed E-state index contributed by atoms with van der Waals surface area (Å²) in [5.74, 6) is -0.280. The molecule has 0 unspecified atom stereocenters. The molecule has 76 valence electrons. The summed E-state index contributed by atoms with van der Waals surface area (Å²) in [4.78, 5) is 10.5. The highest BCUT2D eigenvalue weighted by molar-refractivity contribution is 6.34. The van der Waals surface area contributed by atoms with Gasteiger partial charge in [0.15, 0.2) is 0 Å². The Kier molecular flexibility index (Phi) is 4.23. The molecule has 0 aliphatic heterocycles. The van der Waals surface area contributed by atoms with Gasteiger partial charge in [0.05, 0.1) is 6.61 Å². The maximum Gasteiger partial charge on any atom is 0.302 e. The molecule has 1 rings (SSSR count). The van der Waals surface area contributed by atoms with E-state index < -0.39 is 0 Å². The van der Waals surface area contributed by atoms with Crippen molar-refractivity contribution in [1.29, 1.82) is 0 Å². The SMILES string of the molecule is CC(=O)OCCc1cc(Cl)cc(Cl)c1. The first-order valence-corrected chi connectivity index (χ1v) is 4.92. The van der Waals surface area contributed by atoms with E-state index >= 15 is 0 Å². The Morgan fingerprint density at radius 1 is 1.29 bits per heavy atom. The van der Waals surface area contributed by atoms with E-state index in [0.717, 1.165) is 5.56 Å². The first-order valence-electron chi connectivity index (χ1n) is 4.16. The van der Waals surface area contributed by atoms with Gasteiger partial charge in [0.1, 0.15) is 0 Å². The standard InChI is InChI=1S/C10H10Cl2O2/c1-7(13)14-3-2-8-4-9(11)6-10(12)5-8/h4-6H,2-3H2,1H3. The Balaban J connectivity index is 2.54. The van der Waals surface area contributed by atoms with E-state index in [1.165, 1.54) is 6.92 Å². The van der Waals surface area contributed by atoms with Crippen LogP contribution in [0, 0.1) is 0 Å². The molecule has 2 nitrogen and oxygen atoms in total. The van der Waals surface area contributed by atoms with Crippen LogP contribution in [0.2, 0.25) is 10.0 Å². The molecular weight excluding hydrogens is 223 g/mol. The molecule has 1 aromatic carbocycles. The van der Waals surface area contributed by atoms with E-state index in [0.29, 0.717) is 23.1 Å². The van der Waals surface area contributed by atoms with Crippen molar-refractivity contribution in [2.24, 2.45) is 0 Å². The normalized spacial score (nSPS) is 9.93. The molecule has 14 heavy (non-hydrogen) atoms. The number of esters is 1. The first-order chi connectivity index (χ1) is 6.58. The minimum absolute atomic E-state index is 0.280. The summed E-state index contributed by atoms with van der Waals surface area (Å²) in [5.41, 5.74) is 0.962. The fourth-order valence-corrected chi connectivity index (χ4v) is 1.64. The number of halogens is 2. The summed E-state index contributed by atoms with van der Waals surface area (Å²) >= 11 is 11.6. The number of carbonyl (C=O) groups excluding carboxylic acids is 1. The first kappa shape index (κ1) is 11.3. The Labute approximate surface area is 92.8 Å². The molecule has 0 bridgehead atoms. The fourth-order valence-electron chi connectivity index (χ4n) is 1.07. The van der Waals surface area contributed by atoms with Crippen LogP contribution in [0.25, 0.3) is 0 Å². The highest BCUT2D eigenvalue weighted by atomic mass is 35.5. The Morgan fingerprint density at radius 2 is 1.86 bits per heavy atom. The molecule has 0 spiro atoms. The molecule has 4 heteroatoms. The molecule has 0 aliphatic rings. The van der Waals surface area contributed by atoms with Gasteiger partial charge in [-0.05, 0) is 23.8 Å². The Hall–Kier alpha value is -0.730. The molecule has 0 heterocycles. The lowest BCUT2D eigenvalue weighted by molar-refractivity contribution is -0.140. The van der Waals surface area contributed by atoms with Gasteiger partial charge in [-0.2, -0.15) is 0 Å². The molecule has 0 aliphatic carbocycles. The van der Waals surface area contributed by atoms with Crippen molar-refractivity contribution in [3.8, 4) is 0 Å². The summed E-state index contributed by atoms with van der Waals surface area (Å²) < 4.78 is 4.80. The second-order valence-corrected chi connectivity index (χ2v) is 3.74. The Morgan fingerprint density at radius 3 is 2.36 bits per heavy atom. The third-order valence-electron chi connectivity index (χ3n) is 1.62. The number of benzene rings is 1. The van der Waals surface area contributed by atoms with Crippen LogP contribution >= 0.6 is 23.2 Å². The highest BCUT2D eigenvalue weighted by Gasteiger charge is 1.99. The number of hydrogen-bond donors (Lipinski definition) is 0. The van der Waals surface area contributed by atoms with Crippen LogP contribution in [0.1, 0.15) is 12.5 Å². The zero-order valence-electron chi connectivity index (χ0n) is 7.72. The fraction of sp³-hybridized carbons (Fsp3) is 0.300. The topological polar surface area (TPSA) is 26.3 Å². The second kappa shape index (κ2) is 5.23. The van der Waals surface area contributed by atoms with Crippen molar-refractivity contribution in [2.45, 2.75) is 13.3 Å². The van der Waals surface area contributed by atoms with Gasteiger partial charge < -0.3 is 4.74 Å². The minimum Gasteiger partial charge on any atom is -0.466 e. The zero-order chi connectivity index (χ0) is 10.6. The molecule has 1 aromatic rings. The van der Waals surface area contributed by atoms with Crippen molar-refractivity contribution in [1.82, 2.24) is 0 Å². The van der Waals surface area contributed by atoms with E-state index in [2.05, 4.69) is 0 Å². The van der Waals surface area contributed by atoms with Gasteiger partial charge in [-0.25, -0.2) is 0 Å². The molecule has 0 N–H and O–H groups in total. The van der Waals surface area contributed by atoms with Gasteiger partial charge in [-0.15, -0.1) is 0 Å². The lowest BCUT2D eigenvalue weighted by Gasteiger charge is -2.03. The smallest absolute Gasteiger partial charge is 0.302 e. The maximum atomic E-state index is 10.5. The monoisotopic (exact) mass is 232 g/mol. The van der Waals surface area contributed by atoms with Gasteiger partial charge in [0.2, 0.25) is 0 Å². The predicted molar refractivity (Wildman–Crippen MR) is 56.8 cm³/mol. The van der Waals surface area contributed by atoms with Gasteiger partial charge in [-0.3, -0.25) is 4.79 Å². The summed E-state index contributed by atoms with van der Waals surface area (Å²) in [5, 5.41) is 1.19. The van der Waals surface area contributed by atoms with Crippen molar-refractivity contribution in [3.05, 3.63) is 33.8 Å². The molecular formula is C10H10Cl2O2. The maximum absolute atomic E-state index is 10.5. The van der Waals surface area contributed by atoms with E-state index in [9.17, 15) is 4.79 Å². The van der Waals surface area contributed by atoms with Crippen molar-refractivity contribution in [2.75, 3.05) is 6.61 Å². The lowest BCUT2D eigenvalue weighted by atomic mass is 10.2. The molecule has 0 atom stereocenters. The van der Waals surface area contributed by atoms with Crippen LogP contribution in [0.5, 0.6) is 0 Å². The predicted octanol–water partition coefficient (Wildman–Crippen LogP) is 3.10. The van der Waals surface area contributed by atoms with Gasteiger partial charge in [-0.1, -0.05) is 23.2 Å². The molecule has 0 radical (unpaired) electrons. The molecule has 0 fully saturated rings. The number of rotatable bonds is 3. The third-order valence-corrected chi connectivity index (χ3v) is 2.05.